The van der Waals surface area contributed by atoms with Crippen LogP contribution in [0.1, 0.15) is 24.0 Å². The summed E-state index contributed by atoms with van der Waals surface area (Å²) in [7, 11) is 0. The molecule has 5 aromatic rings. The van der Waals surface area contributed by atoms with Crippen molar-refractivity contribution in [3.05, 3.63) is 158 Å². The third-order valence-electron chi connectivity index (χ3n) is 7.50. The van der Waals surface area contributed by atoms with Crippen molar-refractivity contribution < 1.29 is 27.7 Å². The molecular weight excluding hydrogens is 606 g/mol. The standard InChI is InChI=1S/C42H36F2O4/c1-5-29(3)45-21-7-23-47-38-18-15-33-25-31(10-12-35(33)27-38)9-11-32-17-20-40(42(44)41(32)43)37-14-13-36-28-39(19-16-34(36)26-37)48-24-8-22-46-30(4)6-2/h5-6,10,12-20,25-28H,1-4,7-8,21-24H2. The van der Waals surface area contributed by atoms with Crippen molar-refractivity contribution in [2.75, 3.05) is 26.4 Å². The monoisotopic (exact) mass is 642 g/mol. The van der Waals surface area contributed by atoms with Crippen molar-refractivity contribution in [3.63, 3.8) is 0 Å². The summed E-state index contributed by atoms with van der Waals surface area (Å²) in [6.45, 7) is 16.6. The average molecular weight is 643 g/mol. The van der Waals surface area contributed by atoms with E-state index in [0.717, 1.165) is 27.3 Å². The molecule has 0 heterocycles. The first-order valence-electron chi connectivity index (χ1n) is 15.6. The van der Waals surface area contributed by atoms with Crippen molar-refractivity contribution in [3.8, 4) is 34.5 Å². The molecule has 0 saturated heterocycles. The lowest BCUT2D eigenvalue weighted by Crippen LogP contribution is -2.02. The summed E-state index contributed by atoms with van der Waals surface area (Å²) in [4.78, 5) is 0. The number of allylic oxidation sites excluding steroid dienone is 2. The van der Waals surface area contributed by atoms with Crippen LogP contribution in [0.5, 0.6) is 11.5 Å². The van der Waals surface area contributed by atoms with Crippen molar-refractivity contribution in [2.45, 2.75) is 12.8 Å². The molecule has 5 aromatic carbocycles. The Morgan fingerprint density at radius 3 is 1.73 bits per heavy atom. The average Bonchev–Trinajstić information content (AvgIpc) is 3.11. The Bertz CT molecular complexity index is 2050. The number of ether oxygens (including phenoxy) is 4. The van der Waals surface area contributed by atoms with Gasteiger partial charge in [0.2, 0.25) is 0 Å². The highest BCUT2D eigenvalue weighted by atomic mass is 19.2. The van der Waals surface area contributed by atoms with Gasteiger partial charge in [-0.3, -0.25) is 0 Å². The van der Waals surface area contributed by atoms with Crippen LogP contribution < -0.4 is 9.47 Å². The van der Waals surface area contributed by atoms with E-state index in [1.54, 1.807) is 24.3 Å². The number of rotatable bonds is 15. The van der Waals surface area contributed by atoms with E-state index in [2.05, 4.69) is 38.2 Å². The van der Waals surface area contributed by atoms with Gasteiger partial charge in [0.25, 0.3) is 0 Å². The van der Waals surface area contributed by atoms with E-state index in [4.69, 9.17) is 18.9 Å². The molecule has 0 saturated carbocycles. The highest BCUT2D eigenvalue weighted by molar-refractivity contribution is 5.89. The van der Waals surface area contributed by atoms with Gasteiger partial charge < -0.3 is 18.9 Å². The van der Waals surface area contributed by atoms with Crippen LogP contribution in [0, 0.1) is 23.5 Å². The first-order valence-corrected chi connectivity index (χ1v) is 15.6. The molecule has 5 rings (SSSR count). The molecule has 0 radical (unpaired) electrons. The van der Waals surface area contributed by atoms with Gasteiger partial charge in [-0.2, -0.15) is 0 Å². The van der Waals surface area contributed by atoms with Crippen molar-refractivity contribution in [1.29, 1.82) is 0 Å². The highest BCUT2D eigenvalue weighted by Crippen LogP contribution is 2.31. The minimum Gasteiger partial charge on any atom is -0.494 e. The second kappa shape index (κ2) is 16.2. The first-order chi connectivity index (χ1) is 23.3. The summed E-state index contributed by atoms with van der Waals surface area (Å²) in [6.07, 6.45) is 4.53. The summed E-state index contributed by atoms with van der Waals surface area (Å²) in [5.41, 5.74) is 1.41. The number of fused-ring (bicyclic) bond motifs is 2. The third kappa shape index (κ3) is 8.71. The van der Waals surface area contributed by atoms with Crippen LogP contribution >= 0.6 is 0 Å². The zero-order chi connectivity index (χ0) is 33.9. The van der Waals surface area contributed by atoms with Gasteiger partial charge in [0, 0.05) is 24.0 Å². The summed E-state index contributed by atoms with van der Waals surface area (Å²) in [5.74, 6) is 6.39. The molecule has 0 aliphatic heterocycles. The summed E-state index contributed by atoms with van der Waals surface area (Å²) in [5, 5.41) is 3.74. The molecule has 0 N–H and O–H groups in total. The quantitative estimate of drug-likeness (QED) is 0.0493. The van der Waals surface area contributed by atoms with Gasteiger partial charge in [0.15, 0.2) is 11.6 Å². The molecular formula is C42H36F2O4. The molecule has 4 nitrogen and oxygen atoms in total. The molecule has 0 atom stereocenters. The highest BCUT2D eigenvalue weighted by Gasteiger charge is 2.14. The Kier molecular flexibility index (Phi) is 11.3. The molecule has 0 aliphatic carbocycles. The molecule has 6 heteroatoms. The summed E-state index contributed by atoms with van der Waals surface area (Å²) in [6, 6.07) is 25.7. The van der Waals surface area contributed by atoms with Gasteiger partial charge in [-0.1, -0.05) is 68.5 Å². The van der Waals surface area contributed by atoms with Crippen LogP contribution in [0.2, 0.25) is 0 Å². The van der Waals surface area contributed by atoms with Crippen LogP contribution in [0.25, 0.3) is 32.7 Å². The molecule has 0 fully saturated rings. The van der Waals surface area contributed by atoms with E-state index in [0.29, 0.717) is 67.7 Å². The maximum Gasteiger partial charge on any atom is 0.175 e. The third-order valence-corrected chi connectivity index (χ3v) is 7.50. The molecule has 0 aliphatic rings. The van der Waals surface area contributed by atoms with Crippen LogP contribution in [0.15, 0.2) is 135 Å². The van der Waals surface area contributed by atoms with E-state index >= 15 is 8.78 Å². The van der Waals surface area contributed by atoms with E-state index in [-0.39, 0.29) is 11.1 Å². The number of hydrogen-bond donors (Lipinski definition) is 0. The summed E-state index contributed by atoms with van der Waals surface area (Å²) >= 11 is 0. The summed E-state index contributed by atoms with van der Waals surface area (Å²) < 4.78 is 53.0. The lowest BCUT2D eigenvalue weighted by Gasteiger charge is -2.10. The topological polar surface area (TPSA) is 36.9 Å². The Labute approximate surface area is 280 Å². The smallest absolute Gasteiger partial charge is 0.175 e. The fourth-order valence-electron chi connectivity index (χ4n) is 4.90. The van der Waals surface area contributed by atoms with Gasteiger partial charge in [-0.05, 0) is 93.9 Å². The molecule has 0 unspecified atom stereocenters. The Morgan fingerprint density at radius 1 is 0.583 bits per heavy atom. The van der Waals surface area contributed by atoms with Crippen LogP contribution in [0.4, 0.5) is 8.78 Å². The Morgan fingerprint density at radius 2 is 1.12 bits per heavy atom. The van der Waals surface area contributed by atoms with Gasteiger partial charge in [-0.25, -0.2) is 8.78 Å². The zero-order valence-corrected chi connectivity index (χ0v) is 26.7. The minimum atomic E-state index is -0.980. The minimum absolute atomic E-state index is 0.0116. The second-order valence-electron chi connectivity index (χ2n) is 10.9. The zero-order valence-electron chi connectivity index (χ0n) is 26.7. The van der Waals surface area contributed by atoms with E-state index in [1.807, 2.05) is 66.7 Å². The van der Waals surface area contributed by atoms with E-state index < -0.39 is 11.6 Å². The maximum absolute atomic E-state index is 15.3. The number of hydrogen-bond acceptors (Lipinski definition) is 4. The van der Waals surface area contributed by atoms with Gasteiger partial charge in [-0.15, -0.1) is 0 Å². The molecule has 0 amide bonds. The molecule has 48 heavy (non-hydrogen) atoms. The first kappa shape index (κ1) is 33.6. The van der Waals surface area contributed by atoms with Crippen LogP contribution in [0.3, 0.4) is 0 Å². The number of benzene rings is 5. The van der Waals surface area contributed by atoms with Crippen molar-refractivity contribution in [2.24, 2.45) is 0 Å². The van der Waals surface area contributed by atoms with Gasteiger partial charge >= 0.3 is 0 Å². The van der Waals surface area contributed by atoms with E-state index in [1.165, 1.54) is 6.07 Å². The lowest BCUT2D eigenvalue weighted by atomic mass is 9.99. The second-order valence-corrected chi connectivity index (χ2v) is 10.9. The van der Waals surface area contributed by atoms with Crippen molar-refractivity contribution >= 4 is 21.5 Å². The fraction of sp³-hybridized carbons (Fsp3) is 0.143. The van der Waals surface area contributed by atoms with Crippen LogP contribution in [-0.4, -0.2) is 26.4 Å². The fourth-order valence-corrected chi connectivity index (χ4v) is 4.90. The number of halogens is 2. The SMILES string of the molecule is C=CC(=C)OCCCOc1ccc2cc(C#Cc3ccc(-c4ccc5cc(OCCCOC(=C)C=C)ccc5c4)c(F)c3F)ccc2c1. The normalized spacial score (nSPS) is 10.5. The molecule has 0 bridgehead atoms. The molecule has 0 aromatic heterocycles. The van der Waals surface area contributed by atoms with Crippen LogP contribution in [-0.2, 0) is 9.47 Å². The predicted molar refractivity (Wildman–Crippen MR) is 190 cm³/mol. The van der Waals surface area contributed by atoms with Gasteiger partial charge in [0.05, 0.1) is 32.0 Å². The maximum atomic E-state index is 15.3. The molecule has 0 spiro atoms. The Balaban J connectivity index is 1.22. The van der Waals surface area contributed by atoms with E-state index in [9.17, 15) is 0 Å². The largest absolute Gasteiger partial charge is 0.494 e. The van der Waals surface area contributed by atoms with Crippen molar-refractivity contribution in [1.82, 2.24) is 0 Å². The molecule has 242 valence electrons. The predicted octanol–water partition coefficient (Wildman–Crippen LogP) is 10.3. The lowest BCUT2D eigenvalue weighted by molar-refractivity contribution is 0.193. The van der Waals surface area contributed by atoms with Gasteiger partial charge in [0.1, 0.15) is 23.0 Å². The Hall–Kier alpha value is -5.80.